The van der Waals surface area contributed by atoms with Crippen LogP contribution >= 0.6 is 0 Å². The average molecular weight is 245 g/mol. The lowest BCUT2D eigenvalue weighted by Crippen LogP contribution is -2.30. The number of rotatable bonds is 6. The highest BCUT2D eigenvalue weighted by molar-refractivity contribution is 5.88. The van der Waals surface area contributed by atoms with Crippen molar-refractivity contribution in [3.05, 3.63) is 42.5 Å². The fraction of sp³-hybridized carbons (Fsp3) is 0.333. The maximum Gasteiger partial charge on any atom is 0.127 e. The molecular weight excluding hydrogens is 226 g/mol. The minimum absolute atomic E-state index is 0.0972. The monoisotopic (exact) mass is 245 g/mol. The summed E-state index contributed by atoms with van der Waals surface area (Å²) in [6, 6.07) is 14.3. The van der Waals surface area contributed by atoms with Gasteiger partial charge in [-0.15, -0.1) is 0 Å². The predicted molar refractivity (Wildman–Crippen MR) is 74.0 cm³/mol. The molecule has 2 aromatic carbocycles. The van der Waals surface area contributed by atoms with E-state index in [-0.39, 0.29) is 12.6 Å². The number of aliphatic hydroxyl groups is 1. The van der Waals surface area contributed by atoms with Gasteiger partial charge in [-0.05, 0) is 24.9 Å². The largest absolute Gasteiger partial charge is 0.493 e. The number of fused-ring (bicyclic) bond motifs is 1. The summed E-state index contributed by atoms with van der Waals surface area (Å²) < 4.78 is 5.80. The molecular formula is C15H19NO2. The molecule has 2 rings (SSSR count). The minimum atomic E-state index is 0.0972. The number of likely N-dealkylation sites (N-methyl/N-ethyl adjacent to an activating group) is 1. The Bertz CT molecular complexity index is 489. The molecule has 0 saturated heterocycles. The molecule has 0 radical (unpaired) electrons. The summed E-state index contributed by atoms with van der Waals surface area (Å²) in [5.74, 6) is 0.904. The van der Waals surface area contributed by atoms with Gasteiger partial charge in [-0.2, -0.15) is 0 Å². The van der Waals surface area contributed by atoms with E-state index in [0.717, 1.165) is 17.6 Å². The Balaban J connectivity index is 2.03. The topological polar surface area (TPSA) is 41.5 Å². The molecule has 1 unspecified atom stereocenters. The van der Waals surface area contributed by atoms with Crippen molar-refractivity contribution in [3.8, 4) is 5.75 Å². The Morgan fingerprint density at radius 3 is 2.72 bits per heavy atom. The number of hydrogen-bond acceptors (Lipinski definition) is 3. The first-order chi connectivity index (χ1) is 8.85. The van der Waals surface area contributed by atoms with Crippen LogP contribution in [0.1, 0.15) is 6.42 Å². The second kappa shape index (κ2) is 6.38. The summed E-state index contributed by atoms with van der Waals surface area (Å²) in [5, 5.41) is 14.4. The summed E-state index contributed by atoms with van der Waals surface area (Å²) in [5.41, 5.74) is 0. The smallest absolute Gasteiger partial charge is 0.127 e. The number of hydrogen-bond donors (Lipinski definition) is 2. The van der Waals surface area contributed by atoms with E-state index in [2.05, 4.69) is 23.5 Å². The van der Waals surface area contributed by atoms with E-state index in [1.807, 2.05) is 31.3 Å². The van der Waals surface area contributed by atoms with Crippen molar-refractivity contribution < 1.29 is 9.84 Å². The fourth-order valence-electron chi connectivity index (χ4n) is 1.96. The molecule has 0 saturated carbocycles. The molecule has 0 spiro atoms. The molecule has 96 valence electrons. The molecule has 0 heterocycles. The maximum atomic E-state index is 9.08. The van der Waals surface area contributed by atoms with Crippen LogP contribution in [0.25, 0.3) is 10.8 Å². The normalized spacial score (nSPS) is 12.6. The molecule has 18 heavy (non-hydrogen) atoms. The first-order valence-electron chi connectivity index (χ1n) is 6.24. The van der Waals surface area contributed by atoms with Gasteiger partial charge in [0.2, 0.25) is 0 Å². The molecule has 0 fully saturated rings. The lowest BCUT2D eigenvalue weighted by Gasteiger charge is -2.14. The third kappa shape index (κ3) is 3.00. The minimum Gasteiger partial charge on any atom is -0.493 e. The van der Waals surface area contributed by atoms with Crippen LogP contribution in [-0.2, 0) is 0 Å². The van der Waals surface area contributed by atoms with Crippen molar-refractivity contribution >= 4 is 10.8 Å². The molecule has 2 N–H and O–H groups in total. The zero-order valence-electron chi connectivity index (χ0n) is 10.6. The number of ether oxygens (including phenoxy) is 1. The van der Waals surface area contributed by atoms with Gasteiger partial charge in [-0.3, -0.25) is 0 Å². The fourth-order valence-corrected chi connectivity index (χ4v) is 1.96. The van der Waals surface area contributed by atoms with Crippen LogP contribution in [0.5, 0.6) is 5.75 Å². The van der Waals surface area contributed by atoms with E-state index < -0.39 is 0 Å². The summed E-state index contributed by atoms with van der Waals surface area (Å²) in [7, 11) is 1.85. The summed E-state index contributed by atoms with van der Waals surface area (Å²) in [4.78, 5) is 0. The van der Waals surface area contributed by atoms with Gasteiger partial charge in [-0.1, -0.05) is 36.4 Å². The molecule has 0 aromatic heterocycles. The Hall–Kier alpha value is -1.58. The maximum absolute atomic E-state index is 9.08. The highest BCUT2D eigenvalue weighted by atomic mass is 16.5. The highest BCUT2D eigenvalue weighted by Gasteiger charge is 2.05. The van der Waals surface area contributed by atoms with Crippen molar-refractivity contribution in [1.29, 1.82) is 0 Å². The number of aliphatic hydroxyl groups excluding tert-OH is 1. The van der Waals surface area contributed by atoms with E-state index in [0.29, 0.717) is 6.61 Å². The Morgan fingerprint density at radius 1 is 1.17 bits per heavy atom. The third-order valence-electron chi connectivity index (χ3n) is 3.10. The van der Waals surface area contributed by atoms with Crippen LogP contribution < -0.4 is 10.1 Å². The molecule has 0 aliphatic carbocycles. The van der Waals surface area contributed by atoms with Gasteiger partial charge < -0.3 is 15.2 Å². The van der Waals surface area contributed by atoms with E-state index in [4.69, 9.17) is 9.84 Å². The van der Waals surface area contributed by atoms with Gasteiger partial charge in [0.25, 0.3) is 0 Å². The number of benzene rings is 2. The average Bonchev–Trinajstić information content (AvgIpc) is 2.44. The predicted octanol–water partition coefficient (Wildman–Crippen LogP) is 2.19. The zero-order chi connectivity index (χ0) is 12.8. The van der Waals surface area contributed by atoms with Gasteiger partial charge in [0.1, 0.15) is 5.75 Å². The van der Waals surface area contributed by atoms with Crippen LogP contribution in [0.3, 0.4) is 0 Å². The highest BCUT2D eigenvalue weighted by Crippen LogP contribution is 2.25. The second-order valence-corrected chi connectivity index (χ2v) is 4.28. The first-order valence-corrected chi connectivity index (χ1v) is 6.24. The molecule has 3 heteroatoms. The first kappa shape index (κ1) is 12.9. The van der Waals surface area contributed by atoms with Crippen molar-refractivity contribution in [1.82, 2.24) is 5.32 Å². The molecule has 2 aromatic rings. The van der Waals surface area contributed by atoms with Gasteiger partial charge >= 0.3 is 0 Å². The Morgan fingerprint density at radius 2 is 1.94 bits per heavy atom. The molecule has 0 aliphatic heterocycles. The van der Waals surface area contributed by atoms with Crippen molar-refractivity contribution in [2.75, 3.05) is 20.3 Å². The lowest BCUT2D eigenvalue weighted by molar-refractivity contribution is 0.215. The lowest BCUT2D eigenvalue weighted by atomic mass is 10.1. The second-order valence-electron chi connectivity index (χ2n) is 4.28. The molecule has 1 atom stereocenters. The summed E-state index contributed by atoms with van der Waals surface area (Å²) >= 11 is 0. The molecule has 0 bridgehead atoms. The SMILES string of the molecule is CNC(CO)CCOc1cccc2ccccc12. The van der Waals surface area contributed by atoms with Crippen molar-refractivity contribution in [2.24, 2.45) is 0 Å². The van der Waals surface area contributed by atoms with Gasteiger partial charge in [0.05, 0.1) is 13.2 Å². The molecule has 0 aliphatic rings. The van der Waals surface area contributed by atoms with E-state index >= 15 is 0 Å². The standard InChI is InChI=1S/C15H19NO2/c1-16-13(11-17)9-10-18-15-8-4-6-12-5-2-3-7-14(12)15/h2-8,13,16-17H,9-11H2,1H3. The Labute approximate surface area is 107 Å². The van der Waals surface area contributed by atoms with Crippen molar-refractivity contribution in [3.63, 3.8) is 0 Å². The van der Waals surface area contributed by atoms with Crippen LogP contribution in [0.2, 0.25) is 0 Å². The summed E-state index contributed by atoms with van der Waals surface area (Å²) in [6.07, 6.45) is 0.788. The van der Waals surface area contributed by atoms with Crippen LogP contribution in [0.4, 0.5) is 0 Å². The van der Waals surface area contributed by atoms with Crippen LogP contribution in [0, 0.1) is 0 Å². The van der Waals surface area contributed by atoms with Crippen LogP contribution in [0.15, 0.2) is 42.5 Å². The van der Waals surface area contributed by atoms with Gasteiger partial charge in [0.15, 0.2) is 0 Å². The molecule has 3 nitrogen and oxygen atoms in total. The van der Waals surface area contributed by atoms with Crippen LogP contribution in [-0.4, -0.2) is 31.4 Å². The summed E-state index contributed by atoms with van der Waals surface area (Å²) in [6.45, 7) is 0.732. The molecule has 0 amide bonds. The van der Waals surface area contributed by atoms with E-state index in [1.165, 1.54) is 5.39 Å². The van der Waals surface area contributed by atoms with Gasteiger partial charge in [-0.25, -0.2) is 0 Å². The Kier molecular flexibility index (Phi) is 4.56. The quantitative estimate of drug-likeness (QED) is 0.819. The van der Waals surface area contributed by atoms with Crippen molar-refractivity contribution in [2.45, 2.75) is 12.5 Å². The van der Waals surface area contributed by atoms with E-state index in [9.17, 15) is 0 Å². The van der Waals surface area contributed by atoms with Gasteiger partial charge in [0, 0.05) is 11.4 Å². The zero-order valence-corrected chi connectivity index (χ0v) is 10.6. The van der Waals surface area contributed by atoms with E-state index in [1.54, 1.807) is 0 Å². The number of nitrogens with one attached hydrogen (secondary N) is 1. The third-order valence-corrected chi connectivity index (χ3v) is 3.10.